The minimum absolute atomic E-state index is 0.0324. The molecule has 1 fully saturated rings. The molecule has 1 saturated heterocycles. The number of hydrogen-bond donors (Lipinski definition) is 2. The summed E-state index contributed by atoms with van der Waals surface area (Å²) in [4.78, 5) is 13.2. The second-order valence-electron chi connectivity index (χ2n) is 6.68. The molecule has 0 saturated carbocycles. The number of sulfonamides is 1. The Labute approximate surface area is 174 Å². The van der Waals surface area contributed by atoms with Crippen molar-refractivity contribution in [2.75, 3.05) is 45.2 Å². The van der Waals surface area contributed by atoms with E-state index in [2.05, 4.69) is 5.32 Å². The Hall–Kier alpha value is -2.20. The lowest BCUT2D eigenvalue weighted by Gasteiger charge is -2.31. The Morgan fingerprint density at radius 3 is 2.48 bits per heavy atom. The van der Waals surface area contributed by atoms with E-state index >= 15 is 0 Å². The average molecular weight is 443 g/mol. The number of amides is 1. The zero-order valence-corrected chi connectivity index (χ0v) is 17.4. The van der Waals surface area contributed by atoms with E-state index < -0.39 is 10.0 Å². The Morgan fingerprint density at radius 2 is 1.86 bits per heavy atom. The van der Waals surface area contributed by atoms with Gasteiger partial charge >= 0.3 is 0 Å². The van der Waals surface area contributed by atoms with Crippen molar-refractivity contribution in [2.24, 2.45) is 0 Å². The number of nitrogens with zero attached hydrogens (tertiary/aromatic N) is 1. The maximum absolute atomic E-state index is 13.0. The molecule has 0 aromatic heterocycles. The van der Waals surface area contributed by atoms with Gasteiger partial charge in [-0.3, -0.25) is 4.79 Å². The number of ether oxygens (including phenoxy) is 1. The maximum atomic E-state index is 13.0. The molecule has 2 aromatic carbocycles. The number of hydrogen-bond acceptors (Lipinski definition) is 4. The van der Waals surface area contributed by atoms with Gasteiger partial charge in [-0.05, 0) is 42.5 Å². The third kappa shape index (κ3) is 5.24. The highest BCUT2D eigenvalue weighted by Gasteiger charge is 2.33. The van der Waals surface area contributed by atoms with Crippen molar-refractivity contribution in [2.45, 2.75) is 4.90 Å². The van der Waals surface area contributed by atoms with Crippen LogP contribution in [-0.4, -0.2) is 58.5 Å². The van der Waals surface area contributed by atoms with Gasteiger partial charge in [-0.2, -0.15) is 4.31 Å². The topological polar surface area (TPSA) is 80.2 Å². The van der Waals surface area contributed by atoms with Gasteiger partial charge in [0.2, 0.25) is 10.0 Å². The van der Waals surface area contributed by atoms with Crippen LogP contribution in [-0.2, 0) is 14.8 Å². The van der Waals surface area contributed by atoms with Crippen LogP contribution in [0.1, 0.15) is 0 Å². The number of benzene rings is 2. The molecule has 29 heavy (non-hydrogen) atoms. The van der Waals surface area contributed by atoms with Gasteiger partial charge in [0.25, 0.3) is 5.91 Å². The number of methoxy groups -OCH3 is 1. The molecule has 7 nitrogen and oxygen atoms in total. The molecule has 1 heterocycles. The highest BCUT2D eigenvalue weighted by atomic mass is 35.5. The molecular weight excluding hydrogens is 421 g/mol. The molecule has 0 radical (unpaired) electrons. The van der Waals surface area contributed by atoms with E-state index in [1.807, 2.05) is 0 Å². The summed E-state index contributed by atoms with van der Waals surface area (Å²) in [6.07, 6.45) is 0. The van der Waals surface area contributed by atoms with E-state index in [9.17, 15) is 17.6 Å². The number of anilines is 1. The fraction of sp³-hybridized carbons (Fsp3) is 0.316. The molecule has 1 amide bonds. The molecular formula is C19H22ClFN3O4S+. The predicted molar refractivity (Wildman–Crippen MR) is 107 cm³/mol. The fourth-order valence-corrected chi connectivity index (χ4v) is 5.04. The van der Waals surface area contributed by atoms with E-state index in [4.69, 9.17) is 16.3 Å². The van der Waals surface area contributed by atoms with Gasteiger partial charge in [0.1, 0.15) is 16.5 Å². The normalized spacial score (nSPS) is 15.8. The Morgan fingerprint density at radius 1 is 1.21 bits per heavy atom. The number of halogens is 2. The Bertz CT molecular complexity index is 977. The molecule has 1 aliphatic heterocycles. The van der Waals surface area contributed by atoms with Crippen molar-refractivity contribution >= 4 is 33.2 Å². The molecule has 2 aromatic rings. The Kier molecular flexibility index (Phi) is 6.74. The van der Waals surface area contributed by atoms with E-state index in [1.54, 1.807) is 6.07 Å². The first kappa shape index (κ1) is 21.5. The smallest absolute Gasteiger partial charge is 0.279 e. The maximum Gasteiger partial charge on any atom is 0.279 e. The van der Waals surface area contributed by atoms with Crippen LogP contribution in [0.5, 0.6) is 5.75 Å². The van der Waals surface area contributed by atoms with Gasteiger partial charge in [-0.1, -0.05) is 11.6 Å². The van der Waals surface area contributed by atoms with Gasteiger partial charge in [-0.25, -0.2) is 12.8 Å². The van der Waals surface area contributed by atoms with Crippen molar-refractivity contribution in [1.29, 1.82) is 0 Å². The van der Waals surface area contributed by atoms with E-state index in [1.165, 1.54) is 47.8 Å². The lowest BCUT2D eigenvalue weighted by Crippen LogP contribution is -3.15. The summed E-state index contributed by atoms with van der Waals surface area (Å²) in [5.74, 6) is -0.343. The quantitative estimate of drug-likeness (QED) is 0.700. The summed E-state index contributed by atoms with van der Waals surface area (Å²) < 4.78 is 45.5. The van der Waals surface area contributed by atoms with Crippen molar-refractivity contribution in [3.05, 3.63) is 53.3 Å². The van der Waals surface area contributed by atoms with Crippen LogP contribution in [0.25, 0.3) is 0 Å². The summed E-state index contributed by atoms with van der Waals surface area (Å²) in [5, 5.41) is 3.03. The van der Waals surface area contributed by atoms with Crippen LogP contribution in [0.2, 0.25) is 5.02 Å². The number of carbonyl (C=O) groups is 1. The van der Waals surface area contributed by atoms with Crippen LogP contribution in [0, 0.1) is 5.82 Å². The van der Waals surface area contributed by atoms with Crippen LogP contribution in [0.4, 0.5) is 10.1 Å². The minimum Gasteiger partial charge on any atom is -0.495 e. The molecule has 1 aliphatic rings. The summed E-state index contributed by atoms with van der Waals surface area (Å²) in [6, 6.07) is 10.0. The molecule has 2 N–H and O–H groups in total. The molecule has 0 spiro atoms. The highest BCUT2D eigenvalue weighted by Crippen LogP contribution is 2.29. The summed E-state index contributed by atoms with van der Waals surface area (Å²) in [5.41, 5.74) is 0.519. The molecule has 0 aliphatic carbocycles. The van der Waals surface area contributed by atoms with Gasteiger partial charge in [0.05, 0.1) is 33.3 Å². The number of piperazine rings is 1. The van der Waals surface area contributed by atoms with Crippen LogP contribution in [0.15, 0.2) is 47.4 Å². The molecule has 0 bridgehead atoms. The zero-order chi connectivity index (χ0) is 21.0. The van der Waals surface area contributed by atoms with Crippen molar-refractivity contribution in [3.63, 3.8) is 0 Å². The highest BCUT2D eigenvalue weighted by molar-refractivity contribution is 7.89. The fourth-order valence-electron chi connectivity index (χ4n) is 3.18. The molecule has 3 rings (SSSR count). The average Bonchev–Trinajstić information content (AvgIpc) is 2.70. The first-order valence-corrected chi connectivity index (χ1v) is 10.8. The molecule has 0 atom stereocenters. The third-order valence-corrected chi connectivity index (χ3v) is 6.87. The van der Waals surface area contributed by atoms with Crippen LogP contribution in [0.3, 0.4) is 0 Å². The minimum atomic E-state index is -3.76. The lowest BCUT2D eigenvalue weighted by molar-refractivity contribution is -0.895. The first-order chi connectivity index (χ1) is 13.8. The number of rotatable bonds is 6. The standard InChI is InChI=1S/C19H21ClFN3O4S/c1-28-17-7-2-14(20)12-18(17)29(26,27)24-10-8-23(9-11-24)13-19(25)22-16-5-3-15(21)4-6-16/h2-7,12H,8-11,13H2,1H3,(H,22,25)/p+1. The molecule has 156 valence electrons. The van der Waals surface area contributed by atoms with E-state index in [-0.39, 0.29) is 42.0 Å². The van der Waals surface area contributed by atoms with Crippen LogP contribution >= 0.6 is 11.6 Å². The predicted octanol–water partition coefficient (Wildman–Crippen LogP) is 1.02. The Balaban J connectivity index is 1.59. The van der Waals surface area contributed by atoms with Gasteiger partial charge in [0, 0.05) is 10.7 Å². The van der Waals surface area contributed by atoms with Crippen molar-refractivity contribution in [1.82, 2.24) is 4.31 Å². The van der Waals surface area contributed by atoms with Crippen molar-refractivity contribution < 1.29 is 27.2 Å². The first-order valence-electron chi connectivity index (χ1n) is 9.02. The number of carbonyl (C=O) groups excluding carboxylic acids is 1. The lowest BCUT2D eigenvalue weighted by atomic mass is 10.3. The SMILES string of the molecule is COc1ccc(Cl)cc1S(=O)(=O)N1CC[NH+](CC(=O)Nc2ccc(F)cc2)CC1. The van der Waals surface area contributed by atoms with Gasteiger partial charge < -0.3 is 15.0 Å². The van der Waals surface area contributed by atoms with Gasteiger partial charge in [0.15, 0.2) is 6.54 Å². The van der Waals surface area contributed by atoms with Crippen molar-refractivity contribution in [3.8, 4) is 5.75 Å². The largest absolute Gasteiger partial charge is 0.495 e. The number of quaternary nitrogens is 1. The molecule has 10 heteroatoms. The second kappa shape index (κ2) is 9.08. The van der Waals surface area contributed by atoms with E-state index in [0.29, 0.717) is 23.8 Å². The number of nitrogens with one attached hydrogen (secondary N) is 2. The van der Waals surface area contributed by atoms with Gasteiger partial charge in [-0.15, -0.1) is 0 Å². The summed E-state index contributed by atoms with van der Waals surface area (Å²) in [6.45, 7) is 1.72. The van der Waals surface area contributed by atoms with Crippen LogP contribution < -0.4 is 15.0 Å². The summed E-state index contributed by atoms with van der Waals surface area (Å²) >= 11 is 5.97. The van der Waals surface area contributed by atoms with E-state index in [0.717, 1.165) is 4.90 Å². The zero-order valence-electron chi connectivity index (χ0n) is 15.8. The third-order valence-electron chi connectivity index (χ3n) is 4.71. The monoisotopic (exact) mass is 442 g/mol. The molecule has 0 unspecified atom stereocenters. The summed E-state index contributed by atoms with van der Waals surface area (Å²) in [7, 11) is -2.35. The second-order valence-corrected chi connectivity index (χ2v) is 9.02.